The normalized spacial score (nSPS) is 15.1. The molecule has 5 amide bonds. The molecule has 312 valence electrons. The number of anilines is 1. The SMILES string of the molecule is COc1cc(-c2cn(C)c(=O)c3cnc(NCCCCCCCCNC(=O)COc4cccc5c4C(=O)N(C4CCC(=O)NC4=O)C5=O)cc23)cc(OC)c1CN(C)C. The van der Waals surface area contributed by atoms with Crippen molar-refractivity contribution < 1.29 is 38.2 Å². The molecule has 4 aromatic rings. The van der Waals surface area contributed by atoms with Crippen LogP contribution in [0.15, 0.2) is 53.6 Å². The van der Waals surface area contributed by atoms with Crippen LogP contribution in [0, 0.1) is 0 Å². The lowest BCUT2D eigenvalue weighted by atomic mass is 9.98. The van der Waals surface area contributed by atoms with Gasteiger partial charge >= 0.3 is 0 Å². The summed E-state index contributed by atoms with van der Waals surface area (Å²) in [5.74, 6) is -0.682. The molecule has 0 saturated carbocycles. The van der Waals surface area contributed by atoms with E-state index >= 15 is 0 Å². The first-order chi connectivity index (χ1) is 28.4. The van der Waals surface area contributed by atoms with E-state index < -0.39 is 29.7 Å². The minimum absolute atomic E-state index is 0.000112. The topological polar surface area (TPSA) is 190 Å². The van der Waals surface area contributed by atoms with Gasteiger partial charge in [-0.2, -0.15) is 0 Å². The number of piperidine rings is 1. The molecule has 0 bridgehead atoms. The number of rotatable bonds is 19. The zero-order chi connectivity index (χ0) is 42.2. The number of carbonyl (C=O) groups excluding carboxylic acids is 5. The van der Waals surface area contributed by atoms with Gasteiger partial charge in [0.25, 0.3) is 23.3 Å². The Morgan fingerprint density at radius 1 is 0.881 bits per heavy atom. The van der Waals surface area contributed by atoms with E-state index in [4.69, 9.17) is 14.2 Å². The molecule has 1 atom stereocenters. The molecule has 2 aliphatic heterocycles. The number of hydrogen-bond acceptors (Lipinski definition) is 12. The van der Waals surface area contributed by atoms with Gasteiger partial charge in [-0.3, -0.25) is 39.0 Å². The first-order valence-electron chi connectivity index (χ1n) is 19.8. The zero-order valence-electron chi connectivity index (χ0n) is 34.1. The molecule has 0 spiro atoms. The van der Waals surface area contributed by atoms with Gasteiger partial charge in [-0.15, -0.1) is 0 Å². The summed E-state index contributed by atoms with van der Waals surface area (Å²) in [5, 5.41) is 9.71. The predicted molar refractivity (Wildman–Crippen MR) is 221 cm³/mol. The highest BCUT2D eigenvalue weighted by atomic mass is 16.5. The lowest BCUT2D eigenvalue weighted by Gasteiger charge is -2.27. The van der Waals surface area contributed by atoms with Crippen molar-refractivity contribution in [1.29, 1.82) is 0 Å². The van der Waals surface area contributed by atoms with Gasteiger partial charge in [-0.1, -0.05) is 31.7 Å². The van der Waals surface area contributed by atoms with Crippen LogP contribution in [0.5, 0.6) is 17.2 Å². The number of aromatic nitrogens is 2. The van der Waals surface area contributed by atoms with Crippen molar-refractivity contribution >= 4 is 46.1 Å². The monoisotopic (exact) mass is 809 g/mol. The molecule has 2 aromatic carbocycles. The number of benzene rings is 2. The van der Waals surface area contributed by atoms with E-state index in [0.717, 1.165) is 72.0 Å². The second-order valence-corrected chi connectivity index (χ2v) is 15.0. The third kappa shape index (κ3) is 9.54. The standard InChI is InChI=1S/C43H51N7O9/c1-48(2)23-31-34(57-4)19-26(20-35(31)58-5)30-24-49(3)41(54)29-22-46-36(21-28(29)30)44-17-10-8-6-7-9-11-18-45-38(52)25-59-33-14-12-13-27-39(33)43(56)50(42(27)55)32-15-16-37(51)47-40(32)53/h12-14,19-22,24,32H,6-11,15-18,23,25H2,1-5H3,(H,44,46)(H,45,52)(H,47,51,53). The number of methoxy groups -OCH3 is 2. The second kappa shape index (κ2) is 19.0. The summed E-state index contributed by atoms with van der Waals surface area (Å²) in [4.78, 5) is 83.3. The molecule has 59 heavy (non-hydrogen) atoms. The van der Waals surface area contributed by atoms with Crippen LogP contribution < -0.4 is 35.7 Å². The lowest BCUT2D eigenvalue weighted by Crippen LogP contribution is -2.54. The Hall–Kier alpha value is -6.29. The van der Waals surface area contributed by atoms with E-state index in [1.165, 1.54) is 12.1 Å². The number of pyridine rings is 2. The van der Waals surface area contributed by atoms with Gasteiger partial charge in [0.05, 0.1) is 36.3 Å². The van der Waals surface area contributed by atoms with Gasteiger partial charge < -0.3 is 34.3 Å². The number of fused-ring (bicyclic) bond motifs is 2. The smallest absolute Gasteiger partial charge is 0.266 e. The molecule has 2 aromatic heterocycles. The summed E-state index contributed by atoms with van der Waals surface area (Å²) in [5.41, 5.74) is 2.61. The van der Waals surface area contributed by atoms with E-state index in [-0.39, 0.29) is 47.8 Å². The third-order valence-electron chi connectivity index (χ3n) is 10.5. The van der Waals surface area contributed by atoms with Crippen molar-refractivity contribution in [2.45, 2.75) is 64.0 Å². The highest BCUT2D eigenvalue weighted by Crippen LogP contribution is 2.38. The van der Waals surface area contributed by atoms with Crippen molar-refractivity contribution in [2.75, 3.05) is 53.3 Å². The van der Waals surface area contributed by atoms with Crippen LogP contribution in [0.4, 0.5) is 5.82 Å². The Bertz CT molecular complexity index is 2300. The molecule has 0 aliphatic carbocycles. The molecule has 2 aliphatic rings. The molecule has 0 radical (unpaired) electrons. The lowest BCUT2D eigenvalue weighted by molar-refractivity contribution is -0.136. The fourth-order valence-corrected chi connectivity index (χ4v) is 7.50. The van der Waals surface area contributed by atoms with Gasteiger partial charge in [-0.05, 0) is 69.3 Å². The zero-order valence-corrected chi connectivity index (χ0v) is 34.1. The van der Waals surface area contributed by atoms with E-state index in [1.807, 2.05) is 43.4 Å². The van der Waals surface area contributed by atoms with Crippen LogP contribution >= 0.6 is 0 Å². The number of aryl methyl sites for hydroxylation is 1. The molecular weight excluding hydrogens is 759 g/mol. The Kier molecular flexibility index (Phi) is 13.6. The molecule has 1 unspecified atom stereocenters. The summed E-state index contributed by atoms with van der Waals surface area (Å²) in [6.45, 7) is 1.48. The average Bonchev–Trinajstić information content (AvgIpc) is 3.47. The number of carbonyl (C=O) groups is 5. The highest BCUT2D eigenvalue weighted by molar-refractivity contribution is 6.24. The fourth-order valence-electron chi connectivity index (χ4n) is 7.50. The Labute approximate surface area is 342 Å². The number of ether oxygens (including phenoxy) is 3. The minimum atomic E-state index is -1.09. The third-order valence-corrected chi connectivity index (χ3v) is 10.5. The molecular formula is C43H51N7O9. The molecule has 6 rings (SSSR count). The van der Waals surface area contributed by atoms with Gasteiger partial charge in [0.2, 0.25) is 11.8 Å². The van der Waals surface area contributed by atoms with Crippen molar-refractivity contribution in [3.8, 4) is 28.4 Å². The van der Waals surface area contributed by atoms with Crippen molar-refractivity contribution in [3.05, 3.63) is 75.8 Å². The summed E-state index contributed by atoms with van der Waals surface area (Å²) in [7, 11) is 8.98. The van der Waals surface area contributed by atoms with Crippen molar-refractivity contribution in [2.24, 2.45) is 7.05 Å². The number of hydrogen-bond donors (Lipinski definition) is 3. The largest absolute Gasteiger partial charge is 0.496 e. The average molecular weight is 810 g/mol. The summed E-state index contributed by atoms with van der Waals surface area (Å²) >= 11 is 0. The van der Waals surface area contributed by atoms with Gasteiger partial charge in [-0.25, -0.2) is 4.98 Å². The molecule has 1 fully saturated rings. The van der Waals surface area contributed by atoms with Gasteiger partial charge in [0.1, 0.15) is 29.1 Å². The first-order valence-corrected chi connectivity index (χ1v) is 19.8. The van der Waals surface area contributed by atoms with E-state index in [2.05, 4.69) is 20.9 Å². The Morgan fingerprint density at radius 3 is 2.25 bits per heavy atom. The minimum Gasteiger partial charge on any atom is -0.496 e. The maximum absolute atomic E-state index is 13.2. The van der Waals surface area contributed by atoms with Crippen LogP contribution in [-0.2, 0) is 28.0 Å². The quantitative estimate of drug-likeness (QED) is 0.0913. The summed E-state index contributed by atoms with van der Waals surface area (Å²) < 4.78 is 18.8. The maximum atomic E-state index is 13.2. The number of unbranched alkanes of at least 4 members (excludes halogenated alkanes) is 5. The number of nitrogens with zero attached hydrogens (tertiary/aromatic N) is 4. The van der Waals surface area contributed by atoms with Crippen molar-refractivity contribution in [3.63, 3.8) is 0 Å². The summed E-state index contributed by atoms with van der Waals surface area (Å²) in [6.07, 6.45) is 9.21. The fraction of sp³-hybridized carbons (Fsp3) is 0.419. The van der Waals surface area contributed by atoms with Crippen LogP contribution in [-0.4, -0.2) is 103 Å². The van der Waals surface area contributed by atoms with Crippen LogP contribution in [0.2, 0.25) is 0 Å². The number of nitrogens with one attached hydrogen (secondary N) is 3. The summed E-state index contributed by atoms with van der Waals surface area (Å²) in [6, 6.07) is 9.30. The van der Waals surface area contributed by atoms with E-state index in [0.29, 0.717) is 35.8 Å². The van der Waals surface area contributed by atoms with E-state index in [1.54, 1.807) is 38.1 Å². The highest BCUT2D eigenvalue weighted by Gasteiger charge is 2.46. The van der Waals surface area contributed by atoms with Crippen LogP contribution in [0.25, 0.3) is 21.9 Å². The molecule has 3 N–H and O–H groups in total. The van der Waals surface area contributed by atoms with Gasteiger partial charge in [0.15, 0.2) is 6.61 Å². The van der Waals surface area contributed by atoms with Crippen molar-refractivity contribution in [1.82, 2.24) is 30.0 Å². The molecule has 4 heterocycles. The molecule has 16 nitrogen and oxygen atoms in total. The van der Waals surface area contributed by atoms with E-state index in [9.17, 15) is 28.8 Å². The second-order valence-electron chi connectivity index (χ2n) is 15.0. The maximum Gasteiger partial charge on any atom is 0.266 e. The molecule has 1 saturated heterocycles. The molecule has 16 heteroatoms. The van der Waals surface area contributed by atoms with Gasteiger partial charge in [0, 0.05) is 56.4 Å². The first kappa shape index (κ1) is 42.3. The number of imide groups is 2. The predicted octanol–water partition coefficient (Wildman–Crippen LogP) is 4.03. The Balaban J connectivity index is 0.925. The van der Waals surface area contributed by atoms with Crippen LogP contribution in [0.1, 0.15) is 77.6 Å². The Morgan fingerprint density at radius 2 is 1.58 bits per heavy atom. The van der Waals surface area contributed by atoms with Crippen LogP contribution in [0.3, 0.4) is 0 Å². The number of amides is 5.